The number of nitrogens with one attached hydrogen (secondary N) is 1. The number of alkyl carbamates (subject to hydrolysis) is 1. The van der Waals surface area contributed by atoms with Gasteiger partial charge in [-0.05, 0) is 20.8 Å². The van der Waals surface area contributed by atoms with Gasteiger partial charge in [0.2, 0.25) is 0 Å². The molecule has 2 rings (SSSR count). The summed E-state index contributed by atoms with van der Waals surface area (Å²) in [6.45, 7) is 6.43. The minimum atomic E-state index is -0.629. The number of nitrogens with zero attached hydrogens (tertiary/aromatic N) is 1. The summed E-state index contributed by atoms with van der Waals surface area (Å²) in [5.74, 6) is 0. The molecule has 1 aliphatic heterocycles. The number of carbonyl (C=O) groups is 1. The van der Waals surface area contributed by atoms with Gasteiger partial charge < -0.3 is 20.5 Å². The van der Waals surface area contributed by atoms with Gasteiger partial charge in [-0.1, -0.05) is 0 Å². The maximum atomic E-state index is 12.0. The van der Waals surface area contributed by atoms with Crippen LogP contribution in [0, 0.1) is 0 Å². The molecule has 1 unspecified atom stereocenters. The molecule has 0 radical (unpaired) electrons. The van der Waals surface area contributed by atoms with Gasteiger partial charge in [-0.3, -0.25) is 0 Å². The third-order valence-electron chi connectivity index (χ3n) is 2.77. The second-order valence-electron chi connectivity index (χ2n) is 5.58. The number of rotatable bonds is 2. The van der Waals surface area contributed by atoms with E-state index in [1.54, 1.807) is 0 Å². The van der Waals surface area contributed by atoms with Crippen LogP contribution in [0.3, 0.4) is 0 Å². The molecular weight excluding hydrogens is 266 g/mol. The molecule has 0 spiro atoms. The number of hydrogen-bond acceptors (Lipinski definition) is 6. The van der Waals surface area contributed by atoms with Gasteiger partial charge in [-0.2, -0.15) is 0 Å². The molecule has 19 heavy (non-hydrogen) atoms. The summed E-state index contributed by atoms with van der Waals surface area (Å²) in [6.07, 6.45) is 0.194. The molecule has 1 saturated heterocycles. The highest BCUT2D eigenvalue weighted by molar-refractivity contribution is 7.13. The summed E-state index contributed by atoms with van der Waals surface area (Å²) in [5, 5.41) is 5.21. The molecule has 7 heteroatoms. The van der Waals surface area contributed by atoms with Crippen LogP contribution < -0.4 is 11.1 Å². The highest BCUT2D eigenvalue weighted by Crippen LogP contribution is 2.32. The Hall–Kier alpha value is -1.34. The van der Waals surface area contributed by atoms with Crippen molar-refractivity contribution in [1.29, 1.82) is 0 Å². The van der Waals surface area contributed by atoms with E-state index in [1.807, 2.05) is 26.2 Å². The van der Waals surface area contributed by atoms with Gasteiger partial charge in [-0.25, -0.2) is 9.78 Å². The lowest BCUT2D eigenvalue weighted by molar-refractivity contribution is 0.0434. The maximum Gasteiger partial charge on any atom is 0.408 e. The van der Waals surface area contributed by atoms with E-state index in [0.717, 1.165) is 5.69 Å². The fraction of sp³-hybridized carbons (Fsp3) is 0.667. The average Bonchev–Trinajstić information content (AvgIpc) is 2.84. The van der Waals surface area contributed by atoms with E-state index < -0.39 is 17.2 Å². The van der Waals surface area contributed by atoms with Crippen LogP contribution in [0.1, 0.15) is 32.9 Å². The molecule has 0 bridgehead atoms. The SMILES string of the molecule is CC(C)(C)OC(=O)NC1(c2csc(N)n2)CCOC1. The molecule has 0 aromatic carbocycles. The molecule has 0 aliphatic carbocycles. The van der Waals surface area contributed by atoms with E-state index in [1.165, 1.54) is 11.3 Å². The lowest BCUT2D eigenvalue weighted by atomic mass is 9.95. The molecule has 1 aromatic heterocycles. The van der Waals surface area contributed by atoms with Crippen molar-refractivity contribution in [3.63, 3.8) is 0 Å². The second kappa shape index (κ2) is 4.97. The molecule has 1 aromatic rings. The molecule has 6 nitrogen and oxygen atoms in total. The van der Waals surface area contributed by atoms with Crippen LogP contribution in [0.2, 0.25) is 0 Å². The molecular formula is C12H19N3O3S. The van der Waals surface area contributed by atoms with Gasteiger partial charge in [0.25, 0.3) is 0 Å². The highest BCUT2D eigenvalue weighted by Gasteiger charge is 2.41. The second-order valence-corrected chi connectivity index (χ2v) is 6.47. The first-order valence-corrected chi connectivity index (χ1v) is 6.99. The van der Waals surface area contributed by atoms with E-state index in [0.29, 0.717) is 24.8 Å². The summed E-state index contributed by atoms with van der Waals surface area (Å²) in [6, 6.07) is 0. The summed E-state index contributed by atoms with van der Waals surface area (Å²) in [5.41, 5.74) is 5.23. The summed E-state index contributed by atoms with van der Waals surface area (Å²) >= 11 is 1.35. The molecule has 3 N–H and O–H groups in total. The molecule has 1 fully saturated rings. The molecule has 0 saturated carbocycles. The Kier molecular flexibility index (Phi) is 3.69. The van der Waals surface area contributed by atoms with E-state index in [2.05, 4.69) is 10.3 Å². The number of carbonyl (C=O) groups excluding carboxylic acids is 1. The van der Waals surface area contributed by atoms with Gasteiger partial charge in [-0.15, -0.1) is 11.3 Å². The average molecular weight is 285 g/mol. The fourth-order valence-electron chi connectivity index (χ4n) is 1.94. The summed E-state index contributed by atoms with van der Waals surface area (Å²) < 4.78 is 10.7. The number of thiazole rings is 1. The van der Waals surface area contributed by atoms with Crippen LogP contribution in [-0.2, 0) is 15.0 Å². The van der Waals surface area contributed by atoms with Crippen molar-refractivity contribution in [3.8, 4) is 0 Å². The zero-order valence-electron chi connectivity index (χ0n) is 11.4. The molecule has 1 amide bonds. The van der Waals surface area contributed by atoms with Crippen molar-refractivity contribution in [2.24, 2.45) is 0 Å². The Morgan fingerprint density at radius 3 is 2.84 bits per heavy atom. The Bertz CT molecular complexity index is 461. The topological polar surface area (TPSA) is 86.5 Å². The third kappa shape index (κ3) is 3.36. The minimum absolute atomic E-state index is 0.384. The molecule has 106 valence electrons. The normalized spacial score (nSPS) is 23.3. The Morgan fingerprint density at radius 1 is 1.63 bits per heavy atom. The first-order valence-electron chi connectivity index (χ1n) is 6.11. The molecule has 1 aliphatic rings. The van der Waals surface area contributed by atoms with Crippen molar-refractivity contribution in [2.75, 3.05) is 18.9 Å². The predicted octanol–water partition coefficient (Wildman–Crippen LogP) is 1.87. The van der Waals surface area contributed by atoms with E-state index in [9.17, 15) is 4.79 Å². The number of nitrogens with two attached hydrogens (primary N) is 1. The van der Waals surface area contributed by atoms with Crippen molar-refractivity contribution < 1.29 is 14.3 Å². The summed E-state index contributed by atoms with van der Waals surface area (Å²) in [4.78, 5) is 16.2. The smallest absolute Gasteiger partial charge is 0.408 e. The first kappa shape index (κ1) is 14.1. The predicted molar refractivity (Wildman–Crippen MR) is 73.0 cm³/mol. The van der Waals surface area contributed by atoms with Crippen LogP contribution in [-0.4, -0.2) is 29.9 Å². The Balaban J connectivity index is 2.15. The van der Waals surface area contributed by atoms with Gasteiger partial charge in [0, 0.05) is 18.4 Å². The number of amides is 1. The van der Waals surface area contributed by atoms with Gasteiger partial charge in [0.1, 0.15) is 11.1 Å². The van der Waals surface area contributed by atoms with Crippen molar-refractivity contribution >= 4 is 22.6 Å². The lowest BCUT2D eigenvalue weighted by Crippen LogP contribution is -2.48. The van der Waals surface area contributed by atoms with Crippen LogP contribution >= 0.6 is 11.3 Å². The number of nitrogen functional groups attached to an aromatic ring is 1. The number of hydrogen-bond donors (Lipinski definition) is 2. The zero-order chi connectivity index (χ0) is 14.1. The number of anilines is 1. The van der Waals surface area contributed by atoms with Crippen LogP contribution in [0.25, 0.3) is 0 Å². The largest absolute Gasteiger partial charge is 0.444 e. The van der Waals surface area contributed by atoms with Crippen LogP contribution in [0.4, 0.5) is 9.93 Å². The Morgan fingerprint density at radius 2 is 2.37 bits per heavy atom. The standard InChI is InChI=1S/C12H19N3O3S/c1-11(2,3)18-10(16)15-12(4-5-17-7-12)8-6-19-9(13)14-8/h6H,4-5,7H2,1-3H3,(H2,13,14)(H,15,16). The Labute approximate surface area is 116 Å². The van der Waals surface area contributed by atoms with Crippen molar-refractivity contribution in [3.05, 3.63) is 11.1 Å². The lowest BCUT2D eigenvalue weighted by Gasteiger charge is -2.29. The van der Waals surface area contributed by atoms with E-state index in [-0.39, 0.29) is 0 Å². The van der Waals surface area contributed by atoms with Gasteiger partial charge in [0.05, 0.1) is 12.3 Å². The third-order valence-corrected chi connectivity index (χ3v) is 3.45. The molecule has 1 atom stereocenters. The van der Waals surface area contributed by atoms with Crippen molar-refractivity contribution in [2.45, 2.75) is 38.3 Å². The van der Waals surface area contributed by atoms with Crippen LogP contribution in [0.5, 0.6) is 0 Å². The molecule has 2 heterocycles. The monoisotopic (exact) mass is 285 g/mol. The van der Waals surface area contributed by atoms with Crippen LogP contribution in [0.15, 0.2) is 5.38 Å². The zero-order valence-corrected chi connectivity index (χ0v) is 12.2. The fourth-order valence-corrected chi connectivity index (χ4v) is 2.60. The van der Waals surface area contributed by atoms with Crippen molar-refractivity contribution in [1.82, 2.24) is 10.3 Å². The van der Waals surface area contributed by atoms with E-state index >= 15 is 0 Å². The van der Waals surface area contributed by atoms with Gasteiger partial charge in [0.15, 0.2) is 5.13 Å². The quantitative estimate of drug-likeness (QED) is 0.866. The van der Waals surface area contributed by atoms with E-state index in [4.69, 9.17) is 15.2 Å². The van der Waals surface area contributed by atoms with Gasteiger partial charge >= 0.3 is 6.09 Å². The minimum Gasteiger partial charge on any atom is -0.444 e. The number of aromatic nitrogens is 1. The maximum absolute atomic E-state index is 12.0. The number of ether oxygens (including phenoxy) is 2. The first-order chi connectivity index (χ1) is 8.81. The highest BCUT2D eigenvalue weighted by atomic mass is 32.1. The summed E-state index contributed by atoms with van der Waals surface area (Å²) in [7, 11) is 0.